The molecule has 0 saturated carbocycles. The highest BCUT2D eigenvalue weighted by Crippen LogP contribution is 2.32. The summed E-state index contributed by atoms with van der Waals surface area (Å²) in [6, 6.07) is 2.86. The lowest BCUT2D eigenvalue weighted by Gasteiger charge is -2.10. The normalized spacial score (nSPS) is 11.8. The first-order valence-electron chi connectivity index (χ1n) is 4.66. The maximum atomic E-state index is 12.9. The highest BCUT2D eigenvalue weighted by molar-refractivity contribution is 5.29. The fourth-order valence-electron chi connectivity index (χ4n) is 1.41. The molecule has 0 aliphatic rings. The lowest BCUT2D eigenvalue weighted by Crippen LogP contribution is -2.17. The van der Waals surface area contributed by atoms with Gasteiger partial charge in [-0.05, 0) is 12.1 Å². The highest BCUT2D eigenvalue weighted by atomic mass is 19.4. The summed E-state index contributed by atoms with van der Waals surface area (Å²) in [5.41, 5.74) is 4.25. The number of hydrogen-bond donors (Lipinski definition) is 1. The Morgan fingerprint density at radius 1 is 1.35 bits per heavy atom. The molecule has 0 aromatic carbocycles. The second-order valence-electron chi connectivity index (χ2n) is 3.21. The van der Waals surface area contributed by atoms with E-state index in [-0.39, 0.29) is 17.9 Å². The van der Waals surface area contributed by atoms with Crippen LogP contribution < -0.4 is 5.73 Å². The van der Waals surface area contributed by atoms with Crippen molar-refractivity contribution in [3.8, 4) is 5.82 Å². The van der Waals surface area contributed by atoms with Gasteiger partial charge in [0.15, 0.2) is 11.5 Å². The summed E-state index contributed by atoms with van der Waals surface area (Å²) in [6.45, 7) is -0.241. The zero-order valence-corrected chi connectivity index (χ0v) is 8.52. The minimum Gasteiger partial charge on any atom is -0.326 e. The van der Waals surface area contributed by atoms with Crippen molar-refractivity contribution < 1.29 is 13.2 Å². The highest BCUT2D eigenvalue weighted by Gasteiger charge is 2.38. The largest absolute Gasteiger partial charge is 0.433 e. The average Bonchev–Trinajstić information content (AvgIpc) is 2.73. The minimum absolute atomic E-state index is 0.000440. The van der Waals surface area contributed by atoms with Crippen molar-refractivity contribution >= 4 is 0 Å². The Morgan fingerprint density at radius 3 is 2.65 bits per heavy atom. The van der Waals surface area contributed by atoms with Crippen molar-refractivity contribution in [2.75, 3.05) is 0 Å². The van der Waals surface area contributed by atoms with Crippen molar-refractivity contribution in [3.05, 3.63) is 35.8 Å². The smallest absolute Gasteiger partial charge is 0.326 e. The van der Waals surface area contributed by atoms with Crippen LogP contribution >= 0.6 is 0 Å². The summed E-state index contributed by atoms with van der Waals surface area (Å²) in [6.07, 6.45) is -2.09. The van der Waals surface area contributed by atoms with Gasteiger partial charge in [-0.1, -0.05) is 0 Å². The molecule has 0 aliphatic carbocycles. The van der Waals surface area contributed by atoms with Crippen LogP contribution in [-0.4, -0.2) is 20.0 Å². The molecule has 17 heavy (non-hydrogen) atoms. The van der Waals surface area contributed by atoms with Gasteiger partial charge in [-0.25, -0.2) is 4.68 Å². The average molecular weight is 243 g/mol. The number of nitrogens with zero attached hydrogens (tertiary/aromatic N) is 4. The Hall–Kier alpha value is -1.96. The van der Waals surface area contributed by atoms with Crippen LogP contribution in [0.3, 0.4) is 0 Å². The Labute approximate surface area is 94.1 Å². The first-order chi connectivity index (χ1) is 8.04. The Morgan fingerprint density at radius 2 is 2.12 bits per heavy atom. The number of alkyl halides is 3. The molecule has 5 nitrogen and oxygen atoms in total. The van der Waals surface area contributed by atoms with Gasteiger partial charge in [-0.2, -0.15) is 23.4 Å². The van der Waals surface area contributed by atoms with Crippen molar-refractivity contribution in [3.63, 3.8) is 0 Å². The van der Waals surface area contributed by atoms with Crippen LogP contribution in [0.4, 0.5) is 13.2 Å². The van der Waals surface area contributed by atoms with E-state index in [0.29, 0.717) is 4.68 Å². The Bertz CT molecular complexity index is 505. The zero-order valence-electron chi connectivity index (χ0n) is 8.52. The van der Waals surface area contributed by atoms with E-state index in [1.807, 2.05) is 0 Å². The molecule has 0 bridgehead atoms. The SMILES string of the molecule is NCc1cnn(-c2cccnn2)c1C(F)(F)F. The van der Waals surface area contributed by atoms with Crippen LogP contribution in [0.1, 0.15) is 11.3 Å². The van der Waals surface area contributed by atoms with Gasteiger partial charge in [0.1, 0.15) is 0 Å². The molecule has 0 saturated heterocycles. The summed E-state index contributed by atoms with van der Waals surface area (Å²) in [5, 5.41) is 10.7. The lowest BCUT2D eigenvalue weighted by atomic mass is 10.2. The van der Waals surface area contributed by atoms with E-state index < -0.39 is 11.9 Å². The first kappa shape index (κ1) is 11.5. The molecule has 2 heterocycles. The van der Waals surface area contributed by atoms with E-state index in [1.165, 1.54) is 18.3 Å². The predicted octanol–water partition coefficient (Wildman–Crippen LogP) is 1.14. The number of rotatable bonds is 2. The van der Waals surface area contributed by atoms with Crippen LogP contribution in [0.25, 0.3) is 5.82 Å². The fourth-order valence-corrected chi connectivity index (χ4v) is 1.41. The second kappa shape index (κ2) is 4.13. The van der Waals surface area contributed by atoms with Gasteiger partial charge in [-0.15, -0.1) is 5.10 Å². The van der Waals surface area contributed by atoms with Gasteiger partial charge in [0, 0.05) is 18.3 Å². The van der Waals surface area contributed by atoms with Crippen LogP contribution in [0.5, 0.6) is 0 Å². The molecule has 90 valence electrons. The zero-order chi connectivity index (χ0) is 12.5. The van der Waals surface area contributed by atoms with Gasteiger partial charge >= 0.3 is 6.18 Å². The minimum atomic E-state index is -4.54. The quantitative estimate of drug-likeness (QED) is 0.858. The molecular weight excluding hydrogens is 235 g/mol. The van der Waals surface area contributed by atoms with E-state index in [2.05, 4.69) is 15.3 Å². The molecule has 0 unspecified atom stereocenters. The number of aromatic nitrogens is 4. The van der Waals surface area contributed by atoms with Crippen molar-refractivity contribution in [1.29, 1.82) is 0 Å². The summed E-state index contributed by atoms with van der Waals surface area (Å²) in [7, 11) is 0. The van der Waals surface area contributed by atoms with Gasteiger partial charge < -0.3 is 5.73 Å². The number of halogens is 3. The Kier molecular flexibility index (Phi) is 2.80. The van der Waals surface area contributed by atoms with Gasteiger partial charge in [-0.3, -0.25) is 0 Å². The van der Waals surface area contributed by atoms with Gasteiger partial charge in [0.2, 0.25) is 0 Å². The standard InChI is InChI=1S/C9H8F3N5/c10-9(11,12)8-6(4-13)5-15-17(8)7-2-1-3-14-16-7/h1-3,5H,4,13H2. The molecule has 0 aliphatic heterocycles. The Balaban J connectivity index is 2.60. The first-order valence-corrected chi connectivity index (χ1v) is 4.66. The molecule has 2 N–H and O–H groups in total. The summed E-state index contributed by atoms with van der Waals surface area (Å²) in [5.74, 6) is -0.000440. The van der Waals surface area contributed by atoms with E-state index in [1.54, 1.807) is 0 Å². The topological polar surface area (TPSA) is 69.6 Å². The maximum Gasteiger partial charge on any atom is 0.433 e. The monoisotopic (exact) mass is 243 g/mol. The molecule has 2 aromatic rings. The molecule has 0 radical (unpaired) electrons. The van der Waals surface area contributed by atoms with Crippen molar-refractivity contribution in [1.82, 2.24) is 20.0 Å². The van der Waals surface area contributed by atoms with E-state index in [0.717, 1.165) is 6.20 Å². The van der Waals surface area contributed by atoms with E-state index in [9.17, 15) is 13.2 Å². The third kappa shape index (κ3) is 2.11. The lowest BCUT2D eigenvalue weighted by molar-refractivity contribution is -0.143. The van der Waals surface area contributed by atoms with E-state index >= 15 is 0 Å². The third-order valence-electron chi connectivity index (χ3n) is 2.11. The van der Waals surface area contributed by atoms with Crippen LogP contribution in [0.15, 0.2) is 24.5 Å². The molecule has 8 heteroatoms. The summed E-state index contributed by atoms with van der Waals surface area (Å²) in [4.78, 5) is 0. The summed E-state index contributed by atoms with van der Waals surface area (Å²) >= 11 is 0. The molecular formula is C9H8F3N5. The second-order valence-corrected chi connectivity index (χ2v) is 3.21. The van der Waals surface area contributed by atoms with Crippen LogP contribution in [0.2, 0.25) is 0 Å². The van der Waals surface area contributed by atoms with Crippen LogP contribution in [0, 0.1) is 0 Å². The molecule has 0 atom stereocenters. The van der Waals surface area contributed by atoms with Crippen molar-refractivity contribution in [2.24, 2.45) is 5.73 Å². The summed E-state index contributed by atoms with van der Waals surface area (Å²) < 4.78 is 39.2. The third-order valence-corrected chi connectivity index (χ3v) is 2.11. The van der Waals surface area contributed by atoms with Gasteiger partial charge in [0.05, 0.1) is 6.20 Å². The van der Waals surface area contributed by atoms with E-state index in [4.69, 9.17) is 5.73 Å². The molecule has 0 amide bonds. The number of nitrogens with two attached hydrogens (primary N) is 1. The van der Waals surface area contributed by atoms with Crippen LogP contribution in [-0.2, 0) is 12.7 Å². The maximum absolute atomic E-state index is 12.9. The molecule has 0 fully saturated rings. The molecule has 0 spiro atoms. The van der Waals surface area contributed by atoms with Gasteiger partial charge in [0.25, 0.3) is 0 Å². The molecule has 2 rings (SSSR count). The van der Waals surface area contributed by atoms with Crippen molar-refractivity contribution in [2.45, 2.75) is 12.7 Å². The predicted molar refractivity (Wildman–Crippen MR) is 52.0 cm³/mol. The molecule has 2 aromatic heterocycles. The number of hydrogen-bond acceptors (Lipinski definition) is 4. The fraction of sp³-hybridized carbons (Fsp3) is 0.222.